The van der Waals surface area contributed by atoms with Gasteiger partial charge in [-0.3, -0.25) is 9.59 Å². The summed E-state index contributed by atoms with van der Waals surface area (Å²) in [5, 5.41) is 3.01. The van der Waals surface area contributed by atoms with Crippen molar-refractivity contribution in [2.24, 2.45) is 11.3 Å². The molecule has 1 saturated heterocycles. The Morgan fingerprint density at radius 1 is 1.07 bits per heavy atom. The van der Waals surface area contributed by atoms with Crippen LogP contribution in [0.4, 0.5) is 5.69 Å². The highest BCUT2D eigenvalue weighted by Crippen LogP contribution is 2.75. The van der Waals surface area contributed by atoms with Crippen molar-refractivity contribution in [3.8, 4) is 11.5 Å². The van der Waals surface area contributed by atoms with Gasteiger partial charge in [-0.15, -0.1) is 0 Å². The summed E-state index contributed by atoms with van der Waals surface area (Å²) in [6.07, 6.45) is 5.06. The Balaban J connectivity index is 1.70. The van der Waals surface area contributed by atoms with Crippen LogP contribution in [0.25, 0.3) is 0 Å². The first-order valence-corrected chi connectivity index (χ1v) is 9.81. The summed E-state index contributed by atoms with van der Waals surface area (Å²) in [6.45, 7) is 4.18. The molecule has 3 aliphatic rings. The van der Waals surface area contributed by atoms with E-state index in [2.05, 4.69) is 19.2 Å². The fourth-order valence-electron chi connectivity index (χ4n) is 4.44. The number of carbonyl (C=O) groups is 2. The van der Waals surface area contributed by atoms with Crippen LogP contribution in [0.3, 0.4) is 0 Å². The maximum Gasteiger partial charge on any atom is 0.256 e. The van der Waals surface area contributed by atoms with Gasteiger partial charge in [0.1, 0.15) is 0 Å². The SMILES string of the molecule is COc1cc(NC(=O)C23CC2C3)c(C(=O)N2C(C)CCCC2C)cc1OC. The van der Waals surface area contributed by atoms with Crippen LogP contribution in [-0.4, -0.2) is 43.0 Å². The topological polar surface area (TPSA) is 67.9 Å². The number of methoxy groups -OCH3 is 2. The van der Waals surface area contributed by atoms with Crippen LogP contribution in [0, 0.1) is 11.3 Å². The first-order chi connectivity index (χ1) is 12.9. The van der Waals surface area contributed by atoms with Gasteiger partial charge in [-0.25, -0.2) is 0 Å². The van der Waals surface area contributed by atoms with Crippen LogP contribution in [0.5, 0.6) is 11.5 Å². The quantitative estimate of drug-likeness (QED) is 0.860. The van der Waals surface area contributed by atoms with E-state index in [1.54, 1.807) is 26.4 Å². The zero-order chi connectivity index (χ0) is 19.3. The van der Waals surface area contributed by atoms with Gasteiger partial charge in [-0.2, -0.15) is 0 Å². The summed E-state index contributed by atoms with van der Waals surface area (Å²) in [6, 6.07) is 3.75. The normalized spacial score (nSPS) is 31.0. The van der Waals surface area contributed by atoms with Crippen molar-refractivity contribution >= 4 is 17.5 Å². The molecule has 2 saturated carbocycles. The van der Waals surface area contributed by atoms with Gasteiger partial charge < -0.3 is 19.7 Å². The third-order valence-corrected chi connectivity index (χ3v) is 6.57. The number of ether oxygens (including phenoxy) is 2. The van der Waals surface area contributed by atoms with E-state index >= 15 is 0 Å². The highest BCUT2D eigenvalue weighted by Gasteiger charge is 2.74. The Hall–Kier alpha value is -2.24. The van der Waals surface area contributed by atoms with Crippen LogP contribution < -0.4 is 14.8 Å². The number of likely N-dealkylation sites (tertiary alicyclic amines) is 1. The molecule has 27 heavy (non-hydrogen) atoms. The third-order valence-electron chi connectivity index (χ3n) is 6.57. The molecule has 0 aromatic heterocycles. The van der Waals surface area contributed by atoms with Crippen LogP contribution in [0.15, 0.2) is 12.1 Å². The van der Waals surface area contributed by atoms with Crippen molar-refractivity contribution in [1.29, 1.82) is 0 Å². The molecule has 1 aromatic carbocycles. The molecule has 1 N–H and O–H groups in total. The smallest absolute Gasteiger partial charge is 0.256 e. The van der Waals surface area contributed by atoms with E-state index in [1.165, 1.54) is 0 Å². The summed E-state index contributed by atoms with van der Waals surface area (Å²) in [4.78, 5) is 28.0. The van der Waals surface area contributed by atoms with Gasteiger partial charge in [0.05, 0.1) is 30.9 Å². The predicted octanol–water partition coefficient (Wildman–Crippen LogP) is 3.46. The molecule has 6 nitrogen and oxygen atoms in total. The van der Waals surface area contributed by atoms with Crippen LogP contribution in [-0.2, 0) is 4.79 Å². The fourth-order valence-corrected chi connectivity index (χ4v) is 4.44. The second kappa shape index (κ2) is 6.43. The Labute approximate surface area is 160 Å². The van der Waals surface area contributed by atoms with Crippen molar-refractivity contribution in [1.82, 2.24) is 4.90 Å². The summed E-state index contributed by atoms with van der Waals surface area (Å²) < 4.78 is 10.8. The lowest BCUT2D eigenvalue weighted by molar-refractivity contribution is -0.119. The lowest BCUT2D eigenvalue weighted by atomic mass is 9.96. The van der Waals surface area contributed by atoms with E-state index in [1.807, 2.05) is 4.90 Å². The van der Waals surface area contributed by atoms with E-state index in [9.17, 15) is 9.59 Å². The summed E-state index contributed by atoms with van der Waals surface area (Å²) in [5.74, 6) is 1.49. The van der Waals surface area contributed by atoms with Crippen molar-refractivity contribution < 1.29 is 19.1 Å². The van der Waals surface area contributed by atoms with Crippen LogP contribution >= 0.6 is 0 Å². The molecule has 4 rings (SSSR count). The highest BCUT2D eigenvalue weighted by atomic mass is 16.5. The first kappa shape index (κ1) is 18.1. The summed E-state index contributed by atoms with van der Waals surface area (Å²) in [7, 11) is 3.10. The summed E-state index contributed by atoms with van der Waals surface area (Å²) in [5.41, 5.74) is 0.814. The number of nitrogens with zero attached hydrogens (tertiary/aromatic N) is 1. The largest absolute Gasteiger partial charge is 0.493 e. The standard InChI is InChI=1S/C21H28N2O4/c1-12-6-5-7-13(2)23(12)19(24)15-8-17(26-3)18(27-4)9-16(15)22-20(25)21-10-14(21)11-21/h8-9,12-14H,5-7,10-11H2,1-4H3,(H,22,25). The number of hydrogen-bond acceptors (Lipinski definition) is 4. The van der Waals surface area contributed by atoms with Crippen molar-refractivity contribution in [3.63, 3.8) is 0 Å². The van der Waals surface area contributed by atoms with E-state index < -0.39 is 0 Å². The number of anilines is 1. The Morgan fingerprint density at radius 3 is 2.15 bits per heavy atom. The monoisotopic (exact) mass is 372 g/mol. The average molecular weight is 372 g/mol. The van der Waals surface area contributed by atoms with Gasteiger partial charge in [-0.1, -0.05) is 0 Å². The Kier molecular flexibility index (Phi) is 4.32. The molecule has 0 radical (unpaired) electrons. The van der Waals surface area contributed by atoms with Gasteiger partial charge in [-0.05, 0) is 57.9 Å². The van der Waals surface area contributed by atoms with Crippen LogP contribution in [0.1, 0.15) is 56.3 Å². The van der Waals surface area contributed by atoms with Gasteiger partial charge in [0.15, 0.2) is 11.5 Å². The average Bonchev–Trinajstić information content (AvgIpc) is 3.51. The third kappa shape index (κ3) is 2.95. The second-order valence-corrected chi connectivity index (χ2v) is 8.31. The van der Waals surface area contributed by atoms with E-state index in [-0.39, 0.29) is 29.3 Å². The zero-order valence-corrected chi connectivity index (χ0v) is 16.5. The number of nitrogens with one attached hydrogen (secondary N) is 1. The van der Waals surface area contributed by atoms with Gasteiger partial charge in [0.25, 0.3) is 5.91 Å². The molecule has 6 heteroatoms. The maximum absolute atomic E-state index is 13.4. The molecule has 1 aliphatic heterocycles. The Bertz CT molecular complexity index is 775. The van der Waals surface area contributed by atoms with E-state index in [4.69, 9.17) is 9.47 Å². The number of benzene rings is 1. The molecule has 2 amide bonds. The molecule has 3 fully saturated rings. The molecule has 1 aromatic rings. The zero-order valence-electron chi connectivity index (χ0n) is 16.5. The number of fused-ring (bicyclic) bond motifs is 1. The molecule has 2 atom stereocenters. The molecule has 146 valence electrons. The maximum atomic E-state index is 13.4. The lowest BCUT2D eigenvalue weighted by Crippen LogP contribution is -2.47. The molecule has 2 aliphatic carbocycles. The predicted molar refractivity (Wildman–Crippen MR) is 102 cm³/mol. The number of piperidine rings is 1. The lowest BCUT2D eigenvalue weighted by Gasteiger charge is -2.39. The van der Waals surface area contributed by atoms with Crippen LogP contribution in [0.2, 0.25) is 0 Å². The molecular formula is C21H28N2O4. The minimum Gasteiger partial charge on any atom is -0.493 e. The second-order valence-electron chi connectivity index (χ2n) is 8.31. The first-order valence-electron chi connectivity index (χ1n) is 9.81. The fraction of sp³-hybridized carbons (Fsp3) is 0.619. The molecule has 0 bridgehead atoms. The molecule has 1 heterocycles. The van der Waals surface area contributed by atoms with Crippen molar-refractivity contribution in [2.45, 2.75) is 58.0 Å². The summed E-state index contributed by atoms with van der Waals surface area (Å²) >= 11 is 0. The number of carbonyl (C=O) groups excluding carboxylic acids is 2. The number of rotatable bonds is 5. The van der Waals surface area contributed by atoms with E-state index in [0.29, 0.717) is 28.7 Å². The van der Waals surface area contributed by atoms with Crippen molar-refractivity contribution in [3.05, 3.63) is 17.7 Å². The number of hydrogen-bond donors (Lipinski definition) is 1. The number of amides is 2. The Morgan fingerprint density at radius 2 is 1.63 bits per heavy atom. The highest BCUT2D eigenvalue weighted by molar-refractivity contribution is 6.07. The van der Waals surface area contributed by atoms with Crippen molar-refractivity contribution in [2.75, 3.05) is 19.5 Å². The van der Waals surface area contributed by atoms with Gasteiger partial charge in [0.2, 0.25) is 5.91 Å². The van der Waals surface area contributed by atoms with Gasteiger partial charge in [0, 0.05) is 18.2 Å². The van der Waals surface area contributed by atoms with Gasteiger partial charge >= 0.3 is 0 Å². The minimum atomic E-state index is -0.167. The minimum absolute atomic E-state index is 0.0218. The van der Waals surface area contributed by atoms with E-state index in [0.717, 1.165) is 32.1 Å². The molecule has 2 unspecified atom stereocenters. The molecule has 0 spiro atoms. The molecular weight excluding hydrogens is 344 g/mol.